The fraction of sp³-hybridized carbons (Fsp3) is 0.417. The van der Waals surface area contributed by atoms with Crippen LogP contribution in [-0.4, -0.2) is 23.6 Å². The standard InChI is InChI=1S/C12H11ClF3N3O2/c1-7(5-17)21-10(20)2-3-18-11-9(13)4-8(6-19-11)12(14,15)16/h4,6-7H,2-3H2,1H3,(H,18,19). The smallest absolute Gasteiger partial charge is 0.417 e. The van der Waals surface area contributed by atoms with Gasteiger partial charge in [0, 0.05) is 12.7 Å². The van der Waals surface area contributed by atoms with E-state index in [-0.39, 0.29) is 23.8 Å². The molecule has 1 N–H and O–H groups in total. The Kier molecular flexibility index (Phi) is 5.79. The lowest BCUT2D eigenvalue weighted by Gasteiger charge is -2.11. The largest absolute Gasteiger partial charge is 0.447 e. The molecule has 0 aliphatic rings. The van der Waals surface area contributed by atoms with Crippen LogP contribution < -0.4 is 5.32 Å². The summed E-state index contributed by atoms with van der Waals surface area (Å²) in [5.74, 6) is -0.578. The molecule has 1 rings (SSSR count). The van der Waals surface area contributed by atoms with Crippen LogP contribution in [0.2, 0.25) is 5.02 Å². The van der Waals surface area contributed by atoms with E-state index in [1.165, 1.54) is 6.92 Å². The average molecular weight is 322 g/mol. The highest BCUT2D eigenvalue weighted by Crippen LogP contribution is 2.32. The van der Waals surface area contributed by atoms with Gasteiger partial charge in [-0.2, -0.15) is 18.4 Å². The molecule has 0 aromatic carbocycles. The second kappa shape index (κ2) is 7.13. The molecule has 5 nitrogen and oxygen atoms in total. The molecule has 1 heterocycles. The Morgan fingerprint density at radius 1 is 1.62 bits per heavy atom. The predicted octanol–water partition coefficient (Wildman–Crippen LogP) is 3.01. The second-order valence-corrected chi connectivity index (χ2v) is 4.40. The molecule has 9 heteroatoms. The molecule has 114 valence electrons. The molecule has 21 heavy (non-hydrogen) atoms. The highest BCUT2D eigenvalue weighted by molar-refractivity contribution is 6.32. The van der Waals surface area contributed by atoms with E-state index in [4.69, 9.17) is 16.9 Å². The van der Waals surface area contributed by atoms with Gasteiger partial charge in [-0.1, -0.05) is 11.6 Å². The van der Waals surface area contributed by atoms with Gasteiger partial charge >= 0.3 is 12.1 Å². The van der Waals surface area contributed by atoms with Gasteiger partial charge in [-0.15, -0.1) is 0 Å². The molecule has 0 aliphatic heterocycles. The minimum Gasteiger partial charge on any atom is -0.447 e. The number of carbonyl (C=O) groups is 1. The molecule has 0 saturated carbocycles. The van der Waals surface area contributed by atoms with E-state index in [1.807, 2.05) is 0 Å². The molecule has 0 radical (unpaired) electrons. The van der Waals surface area contributed by atoms with Gasteiger partial charge in [-0.25, -0.2) is 4.98 Å². The first kappa shape index (κ1) is 17.0. The number of carbonyl (C=O) groups excluding carboxylic acids is 1. The maximum absolute atomic E-state index is 12.4. The van der Waals surface area contributed by atoms with Crippen LogP contribution in [0.5, 0.6) is 0 Å². The molecule has 1 unspecified atom stereocenters. The van der Waals surface area contributed by atoms with Crippen LogP contribution in [0, 0.1) is 11.3 Å². The highest BCUT2D eigenvalue weighted by Gasteiger charge is 2.31. The third kappa shape index (κ3) is 5.47. The third-order valence-corrected chi connectivity index (χ3v) is 2.57. The number of ether oxygens (including phenoxy) is 1. The lowest BCUT2D eigenvalue weighted by atomic mass is 10.2. The molecule has 1 aromatic heterocycles. The lowest BCUT2D eigenvalue weighted by molar-refractivity contribution is -0.145. The Labute approximate surface area is 123 Å². The minimum absolute atomic E-state index is 0.0331. The number of rotatable bonds is 5. The Balaban J connectivity index is 2.54. The summed E-state index contributed by atoms with van der Waals surface area (Å²) >= 11 is 5.67. The monoisotopic (exact) mass is 321 g/mol. The molecule has 0 saturated heterocycles. The van der Waals surface area contributed by atoms with Crippen LogP contribution in [0.25, 0.3) is 0 Å². The zero-order chi connectivity index (χ0) is 16.0. The average Bonchev–Trinajstić information content (AvgIpc) is 2.39. The van der Waals surface area contributed by atoms with Crippen molar-refractivity contribution in [2.45, 2.75) is 25.6 Å². The number of pyridine rings is 1. The Hall–Kier alpha value is -2.01. The van der Waals surface area contributed by atoms with E-state index in [0.717, 1.165) is 6.07 Å². The quantitative estimate of drug-likeness (QED) is 0.844. The highest BCUT2D eigenvalue weighted by atomic mass is 35.5. The SMILES string of the molecule is CC(C#N)OC(=O)CCNc1ncc(C(F)(F)F)cc1Cl. The zero-order valence-corrected chi connectivity index (χ0v) is 11.6. The number of anilines is 1. The summed E-state index contributed by atoms with van der Waals surface area (Å²) in [6, 6.07) is 2.47. The first-order chi connectivity index (χ1) is 9.74. The van der Waals surface area contributed by atoms with Crippen LogP contribution in [-0.2, 0) is 15.7 Å². The number of nitrogens with zero attached hydrogens (tertiary/aromatic N) is 2. The third-order valence-electron chi connectivity index (χ3n) is 2.28. The van der Waals surface area contributed by atoms with Crippen LogP contribution in [0.4, 0.5) is 19.0 Å². The van der Waals surface area contributed by atoms with Crippen LogP contribution in [0.15, 0.2) is 12.3 Å². The molecule has 0 bridgehead atoms. The van der Waals surface area contributed by atoms with E-state index in [9.17, 15) is 18.0 Å². The maximum Gasteiger partial charge on any atom is 0.417 e. The predicted molar refractivity (Wildman–Crippen MR) is 68.5 cm³/mol. The number of nitrogens with one attached hydrogen (secondary N) is 1. The topological polar surface area (TPSA) is 75.0 Å². The summed E-state index contributed by atoms with van der Waals surface area (Å²) in [4.78, 5) is 14.8. The van der Waals surface area contributed by atoms with Gasteiger partial charge in [-0.3, -0.25) is 4.79 Å². The Bertz CT molecular complexity index is 558. The zero-order valence-electron chi connectivity index (χ0n) is 10.9. The molecule has 0 aliphatic carbocycles. The van der Waals surface area contributed by atoms with Gasteiger partial charge < -0.3 is 10.1 Å². The second-order valence-electron chi connectivity index (χ2n) is 3.99. The van der Waals surface area contributed by atoms with Crippen LogP contribution in [0.1, 0.15) is 18.9 Å². The van der Waals surface area contributed by atoms with Crippen molar-refractivity contribution in [3.05, 3.63) is 22.8 Å². The summed E-state index contributed by atoms with van der Waals surface area (Å²) in [6.45, 7) is 1.48. The molecule has 1 aromatic rings. The van der Waals surface area contributed by atoms with Crippen molar-refractivity contribution < 1.29 is 22.7 Å². The van der Waals surface area contributed by atoms with E-state index >= 15 is 0 Å². The van der Waals surface area contributed by atoms with Crippen molar-refractivity contribution in [1.82, 2.24) is 4.98 Å². The lowest BCUT2D eigenvalue weighted by Crippen LogP contribution is -2.17. The first-order valence-corrected chi connectivity index (χ1v) is 6.17. The first-order valence-electron chi connectivity index (χ1n) is 5.79. The molecule has 0 amide bonds. The van der Waals surface area contributed by atoms with Crippen LogP contribution >= 0.6 is 11.6 Å². The Morgan fingerprint density at radius 3 is 2.81 bits per heavy atom. The number of esters is 1. The molecule has 0 spiro atoms. The van der Waals surface area contributed by atoms with Gasteiger partial charge in [0.05, 0.1) is 17.0 Å². The fourth-order valence-corrected chi connectivity index (χ4v) is 1.52. The van der Waals surface area contributed by atoms with Crippen molar-refractivity contribution >= 4 is 23.4 Å². The van der Waals surface area contributed by atoms with Gasteiger partial charge in [0.1, 0.15) is 11.9 Å². The number of hydrogen-bond acceptors (Lipinski definition) is 5. The summed E-state index contributed by atoms with van der Waals surface area (Å²) in [6.07, 6.45) is -4.81. The van der Waals surface area contributed by atoms with Gasteiger partial charge in [0.25, 0.3) is 0 Å². The van der Waals surface area contributed by atoms with Crippen LogP contribution in [0.3, 0.4) is 0 Å². The van der Waals surface area contributed by atoms with E-state index in [2.05, 4.69) is 15.0 Å². The number of hydrogen-bond donors (Lipinski definition) is 1. The maximum atomic E-state index is 12.4. The summed E-state index contributed by atoms with van der Waals surface area (Å²) in [7, 11) is 0. The molecule has 0 fully saturated rings. The van der Waals surface area contributed by atoms with Crippen molar-refractivity contribution in [2.24, 2.45) is 0 Å². The van der Waals surface area contributed by atoms with Gasteiger partial charge in [0.2, 0.25) is 0 Å². The number of alkyl halides is 3. The van der Waals surface area contributed by atoms with E-state index in [0.29, 0.717) is 6.20 Å². The number of halogens is 4. The fourth-order valence-electron chi connectivity index (χ4n) is 1.29. The van der Waals surface area contributed by atoms with E-state index in [1.54, 1.807) is 6.07 Å². The summed E-state index contributed by atoms with van der Waals surface area (Å²) in [5, 5.41) is 10.9. The Morgan fingerprint density at radius 2 is 2.29 bits per heavy atom. The van der Waals surface area contributed by atoms with Crippen molar-refractivity contribution in [1.29, 1.82) is 5.26 Å². The molecule has 1 atom stereocenters. The minimum atomic E-state index is -4.52. The summed E-state index contributed by atoms with van der Waals surface area (Å²) in [5.41, 5.74) is -0.958. The molecular weight excluding hydrogens is 311 g/mol. The van der Waals surface area contributed by atoms with Crippen molar-refractivity contribution in [3.8, 4) is 6.07 Å². The molecular formula is C12H11ClF3N3O2. The van der Waals surface area contributed by atoms with Gasteiger partial charge in [-0.05, 0) is 13.0 Å². The van der Waals surface area contributed by atoms with Crippen molar-refractivity contribution in [3.63, 3.8) is 0 Å². The van der Waals surface area contributed by atoms with Gasteiger partial charge in [0.15, 0.2) is 6.10 Å². The number of nitriles is 1. The normalized spacial score (nSPS) is 12.4. The number of aromatic nitrogens is 1. The van der Waals surface area contributed by atoms with E-state index < -0.39 is 23.8 Å². The summed E-state index contributed by atoms with van der Waals surface area (Å²) < 4.78 is 41.9. The van der Waals surface area contributed by atoms with Crippen molar-refractivity contribution in [2.75, 3.05) is 11.9 Å².